The summed E-state index contributed by atoms with van der Waals surface area (Å²) in [5.41, 5.74) is 3.01. The molecule has 0 amide bonds. The maximum absolute atomic E-state index is 4.70. The van der Waals surface area contributed by atoms with Crippen molar-refractivity contribution in [3.05, 3.63) is 48.7 Å². The standard InChI is InChI=1S/C18H21N5/c1-2-6-15(7-3-1)16-14-20-18-9-8-17(21-23(16)18)19-10-13-22-11-4-5-12-22/h1-3,6-9,14H,4-5,10-13H2,(H,19,21). The van der Waals surface area contributed by atoms with Crippen LogP contribution in [-0.2, 0) is 0 Å². The quantitative estimate of drug-likeness (QED) is 0.787. The largest absolute Gasteiger partial charge is 0.367 e. The van der Waals surface area contributed by atoms with Gasteiger partial charge in [0.05, 0.1) is 11.9 Å². The minimum absolute atomic E-state index is 0.869. The number of rotatable bonds is 5. The van der Waals surface area contributed by atoms with Crippen LogP contribution in [0.1, 0.15) is 12.8 Å². The van der Waals surface area contributed by atoms with Crippen LogP contribution in [0.5, 0.6) is 0 Å². The van der Waals surface area contributed by atoms with E-state index in [0.717, 1.165) is 35.8 Å². The topological polar surface area (TPSA) is 45.5 Å². The number of hydrogen-bond donors (Lipinski definition) is 1. The first kappa shape index (κ1) is 14.2. The Hall–Kier alpha value is -2.40. The van der Waals surface area contributed by atoms with Crippen LogP contribution in [0.15, 0.2) is 48.7 Å². The van der Waals surface area contributed by atoms with Crippen LogP contribution >= 0.6 is 0 Å². The summed E-state index contributed by atoms with van der Waals surface area (Å²) in [6.45, 7) is 4.46. The van der Waals surface area contributed by atoms with Crippen LogP contribution in [-0.4, -0.2) is 45.7 Å². The van der Waals surface area contributed by atoms with Gasteiger partial charge in [-0.3, -0.25) is 0 Å². The fourth-order valence-corrected chi connectivity index (χ4v) is 3.12. The SMILES string of the molecule is c1ccc(-c2cnc3ccc(NCCN4CCCC4)nn23)cc1. The first-order valence-electron chi connectivity index (χ1n) is 8.26. The van der Waals surface area contributed by atoms with Crippen LogP contribution in [0.25, 0.3) is 16.9 Å². The van der Waals surface area contributed by atoms with Gasteiger partial charge in [0.15, 0.2) is 5.65 Å². The van der Waals surface area contributed by atoms with Crippen LogP contribution < -0.4 is 5.32 Å². The Labute approximate surface area is 136 Å². The Balaban J connectivity index is 1.52. The summed E-state index contributed by atoms with van der Waals surface area (Å²) in [6, 6.07) is 14.3. The smallest absolute Gasteiger partial charge is 0.154 e. The van der Waals surface area contributed by atoms with Crippen molar-refractivity contribution >= 4 is 11.5 Å². The van der Waals surface area contributed by atoms with Crippen LogP contribution in [0.2, 0.25) is 0 Å². The van der Waals surface area contributed by atoms with Crippen molar-refractivity contribution in [3.63, 3.8) is 0 Å². The highest BCUT2D eigenvalue weighted by atomic mass is 15.3. The normalized spacial score (nSPS) is 15.3. The number of aromatic nitrogens is 3. The molecule has 1 aromatic carbocycles. The van der Waals surface area contributed by atoms with Crippen LogP contribution in [0, 0.1) is 0 Å². The Bertz CT molecular complexity index is 774. The van der Waals surface area contributed by atoms with Crippen molar-refractivity contribution in [3.8, 4) is 11.3 Å². The van der Waals surface area contributed by atoms with Crippen LogP contribution in [0.3, 0.4) is 0 Å². The third kappa shape index (κ3) is 3.05. The van der Waals surface area contributed by atoms with E-state index in [1.807, 2.05) is 41.0 Å². The van der Waals surface area contributed by atoms with E-state index in [2.05, 4.69) is 27.3 Å². The van der Waals surface area contributed by atoms with Gasteiger partial charge in [0, 0.05) is 18.7 Å². The zero-order valence-corrected chi connectivity index (χ0v) is 13.2. The van der Waals surface area contributed by atoms with E-state index in [4.69, 9.17) is 5.10 Å². The van der Waals surface area contributed by atoms with Crippen molar-refractivity contribution in [2.45, 2.75) is 12.8 Å². The fourth-order valence-electron chi connectivity index (χ4n) is 3.12. The third-order valence-electron chi connectivity index (χ3n) is 4.36. The molecule has 0 unspecified atom stereocenters. The lowest BCUT2D eigenvalue weighted by Gasteiger charge is -2.15. The molecule has 1 N–H and O–H groups in total. The minimum Gasteiger partial charge on any atom is -0.367 e. The molecule has 1 saturated heterocycles. The fraction of sp³-hybridized carbons (Fsp3) is 0.333. The number of likely N-dealkylation sites (tertiary alicyclic amines) is 1. The molecule has 1 fully saturated rings. The second-order valence-electron chi connectivity index (χ2n) is 5.97. The molecule has 4 rings (SSSR count). The van der Waals surface area contributed by atoms with Gasteiger partial charge in [-0.1, -0.05) is 30.3 Å². The van der Waals surface area contributed by atoms with Gasteiger partial charge in [-0.15, -0.1) is 5.10 Å². The lowest BCUT2D eigenvalue weighted by molar-refractivity contribution is 0.352. The van der Waals surface area contributed by atoms with Gasteiger partial charge in [-0.25, -0.2) is 9.50 Å². The summed E-state index contributed by atoms with van der Waals surface area (Å²) in [6.07, 6.45) is 4.55. The maximum Gasteiger partial charge on any atom is 0.154 e. The summed E-state index contributed by atoms with van der Waals surface area (Å²) < 4.78 is 1.91. The van der Waals surface area contributed by atoms with Crippen molar-refractivity contribution in [2.75, 3.05) is 31.5 Å². The van der Waals surface area contributed by atoms with E-state index in [1.54, 1.807) is 0 Å². The molecule has 1 aliphatic rings. The number of imidazole rings is 1. The summed E-state index contributed by atoms with van der Waals surface area (Å²) >= 11 is 0. The molecule has 118 valence electrons. The second kappa shape index (κ2) is 6.38. The minimum atomic E-state index is 0.869. The second-order valence-corrected chi connectivity index (χ2v) is 5.97. The molecule has 5 heteroatoms. The summed E-state index contributed by atoms with van der Waals surface area (Å²) in [4.78, 5) is 6.94. The lowest BCUT2D eigenvalue weighted by atomic mass is 10.2. The summed E-state index contributed by atoms with van der Waals surface area (Å²) in [5, 5.41) is 8.13. The Morgan fingerprint density at radius 3 is 2.65 bits per heavy atom. The highest BCUT2D eigenvalue weighted by molar-refractivity contribution is 5.63. The van der Waals surface area contributed by atoms with Crippen molar-refractivity contribution < 1.29 is 0 Å². The molecule has 0 saturated carbocycles. The van der Waals surface area contributed by atoms with Gasteiger partial charge in [0.2, 0.25) is 0 Å². The average Bonchev–Trinajstić information content (AvgIpc) is 3.25. The predicted molar refractivity (Wildman–Crippen MR) is 92.6 cm³/mol. The van der Waals surface area contributed by atoms with Gasteiger partial charge < -0.3 is 10.2 Å². The molecular formula is C18H21N5. The molecule has 3 aromatic rings. The molecule has 23 heavy (non-hydrogen) atoms. The number of nitrogens with zero attached hydrogens (tertiary/aromatic N) is 4. The summed E-state index contributed by atoms with van der Waals surface area (Å²) in [5.74, 6) is 0.895. The monoisotopic (exact) mass is 307 g/mol. The maximum atomic E-state index is 4.70. The number of hydrogen-bond acceptors (Lipinski definition) is 4. The molecule has 5 nitrogen and oxygen atoms in total. The molecule has 2 aromatic heterocycles. The van der Waals surface area contributed by atoms with Gasteiger partial charge in [-0.05, 0) is 38.1 Å². The van der Waals surface area contributed by atoms with E-state index >= 15 is 0 Å². The highest BCUT2D eigenvalue weighted by Crippen LogP contribution is 2.20. The lowest BCUT2D eigenvalue weighted by Crippen LogP contribution is -2.26. The van der Waals surface area contributed by atoms with Crippen molar-refractivity contribution in [1.29, 1.82) is 0 Å². The molecule has 0 aliphatic carbocycles. The first-order chi connectivity index (χ1) is 11.4. The molecule has 1 aliphatic heterocycles. The molecule has 0 bridgehead atoms. The summed E-state index contributed by atoms with van der Waals surface area (Å²) in [7, 11) is 0. The number of benzene rings is 1. The van der Waals surface area contributed by atoms with Gasteiger partial charge >= 0.3 is 0 Å². The predicted octanol–water partition coefficient (Wildman–Crippen LogP) is 2.90. The highest BCUT2D eigenvalue weighted by Gasteiger charge is 2.11. The van der Waals surface area contributed by atoms with E-state index in [1.165, 1.54) is 25.9 Å². The van der Waals surface area contributed by atoms with Gasteiger partial charge in [0.1, 0.15) is 5.82 Å². The molecule has 0 spiro atoms. The van der Waals surface area contributed by atoms with E-state index in [-0.39, 0.29) is 0 Å². The Kier molecular flexibility index (Phi) is 3.94. The number of anilines is 1. The zero-order valence-electron chi connectivity index (χ0n) is 13.2. The van der Waals surface area contributed by atoms with E-state index in [0.29, 0.717) is 0 Å². The molecule has 0 radical (unpaired) electrons. The molecule has 0 atom stereocenters. The Morgan fingerprint density at radius 2 is 1.83 bits per heavy atom. The average molecular weight is 307 g/mol. The van der Waals surface area contributed by atoms with Gasteiger partial charge in [0.25, 0.3) is 0 Å². The van der Waals surface area contributed by atoms with E-state index in [9.17, 15) is 0 Å². The first-order valence-corrected chi connectivity index (χ1v) is 8.26. The van der Waals surface area contributed by atoms with Gasteiger partial charge in [-0.2, -0.15) is 0 Å². The molecular weight excluding hydrogens is 286 g/mol. The molecule has 3 heterocycles. The number of fused-ring (bicyclic) bond motifs is 1. The Morgan fingerprint density at radius 1 is 1.00 bits per heavy atom. The van der Waals surface area contributed by atoms with Crippen LogP contribution in [0.4, 0.5) is 5.82 Å². The van der Waals surface area contributed by atoms with Crippen molar-refractivity contribution in [1.82, 2.24) is 19.5 Å². The number of nitrogens with one attached hydrogen (secondary N) is 1. The van der Waals surface area contributed by atoms with E-state index < -0.39 is 0 Å². The third-order valence-corrected chi connectivity index (χ3v) is 4.36. The zero-order chi connectivity index (χ0) is 15.5. The van der Waals surface area contributed by atoms with Crippen molar-refractivity contribution in [2.24, 2.45) is 0 Å².